The zero-order chi connectivity index (χ0) is 20.1. The van der Waals surface area contributed by atoms with Gasteiger partial charge >= 0.3 is 5.97 Å². The van der Waals surface area contributed by atoms with E-state index in [1.54, 1.807) is 21.0 Å². The Balaban J connectivity index is 2.14. The molecule has 1 aliphatic rings. The maximum atomic E-state index is 12.4. The number of anilines is 1. The Morgan fingerprint density at radius 3 is 2.41 bits per heavy atom. The molecule has 1 aromatic heterocycles. The summed E-state index contributed by atoms with van der Waals surface area (Å²) in [7, 11) is 4.70. The first kappa shape index (κ1) is 21.6. The first-order chi connectivity index (χ1) is 12.8. The lowest BCUT2D eigenvalue weighted by Gasteiger charge is -2.29. The predicted molar refractivity (Wildman–Crippen MR) is 114 cm³/mol. The number of ether oxygens (including phenoxy) is 1. The molecule has 0 spiro atoms. The van der Waals surface area contributed by atoms with Crippen LogP contribution in [0.15, 0.2) is 0 Å². The van der Waals surface area contributed by atoms with Gasteiger partial charge in [0.1, 0.15) is 5.00 Å². The van der Waals surface area contributed by atoms with E-state index in [9.17, 15) is 9.59 Å². The zero-order valence-electron chi connectivity index (χ0n) is 16.7. The molecule has 0 unspecified atom stereocenters. The summed E-state index contributed by atoms with van der Waals surface area (Å²) in [6, 6.07) is 0.346. The van der Waals surface area contributed by atoms with Gasteiger partial charge in [-0.1, -0.05) is 13.3 Å². The second-order valence-electron chi connectivity index (χ2n) is 7.18. The number of hydrogen-bond donors (Lipinski definition) is 2. The Hall–Kier alpha value is -1.67. The Morgan fingerprint density at radius 1 is 1.26 bits per heavy atom. The lowest BCUT2D eigenvalue weighted by Crippen LogP contribution is -2.40. The van der Waals surface area contributed by atoms with Crippen LogP contribution in [0, 0.1) is 12.8 Å². The average Bonchev–Trinajstić information content (AvgIpc) is 2.96. The quantitative estimate of drug-likeness (QED) is 0.567. The van der Waals surface area contributed by atoms with E-state index in [0.717, 1.165) is 18.8 Å². The third-order valence-corrected chi connectivity index (χ3v) is 6.54. The number of carbonyl (C=O) groups excluding carboxylic acids is 2. The van der Waals surface area contributed by atoms with Gasteiger partial charge < -0.3 is 20.3 Å². The van der Waals surface area contributed by atoms with Crippen LogP contribution >= 0.6 is 23.6 Å². The number of methoxy groups -OCH3 is 1. The Labute approximate surface area is 170 Å². The SMILES string of the molecule is CCC1CCC(NC(=S)Nc2sc(C(=O)N(C)C)c(C)c2C(=O)OC)CC1. The lowest BCUT2D eigenvalue weighted by atomic mass is 9.85. The summed E-state index contributed by atoms with van der Waals surface area (Å²) < 4.78 is 4.91. The van der Waals surface area contributed by atoms with Gasteiger partial charge in [-0.2, -0.15) is 0 Å². The van der Waals surface area contributed by atoms with Crippen LogP contribution < -0.4 is 10.6 Å². The maximum Gasteiger partial charge on any atom is 0.341 e. The number of nitrogens with zero attached hydrogens (tertiary/aromatic N) is 1. The van der Waals surface area contributed by atoms with Gasteiger partial charge in [0.05, 0.1) is 17.6 Å². The Bertz CT molecular complexity index is 707. The molecule has 0 radical (unpaired) electrons. The molecule has 8 heteroatoms. The first-order valence-corrected chi connectivity index (χ1v) is 10.5. The summed E-state index contributed by atoms with van der Waals surface area (Å²) >= 11 is 6.69. The molecule has 1 saturated carbocycles. The van der Waals surface area contributed by atoms with Crippen molar-refractivity contribution in [3.63, 3.8) is 0 Å². The number of rotatable bonds is 5. The smallest absolute Gasteiger partial charge is 0.341 e. The van der Waals surface area contributed by atoms with E-state index in [-0.39, 0.29) is 5.91 Å². The Kier molecular flexibility index (Phi) is 7.61. The minimum atomic E-state index is -0.477. The fourth-order valence-electron chi connectivity index (χ4n) is 3.40. The number of thiocarbonyl (C=S) groups is 1. The highest BCUT2D eigenvalue weighted by atomic mass is 32.1. The summed E-state index contributed by atoms with van der Waals surface area (Å²) in [4.78, 5) is 26.7. The molecule has 0 aromatic carbocycles. The second-order valence-corrected chi connectivity index (χ2v) is 8.60. The lowest BCUT2D eigenvalue weighted by molar-refractivity contribution is 0.0601. The summed E-state index contributed by atoms with van der Waals surface area (Å²) in [6.45, 7) is 4.00. The molecule has 1 fully saturated rings. The molecule has 0 atom stereocenters. The van der Waals surface area contributed by atoms with Gasteiger partial charge in [0.2, 0.25) is 0 Å². The summed E-state index contributed by atoms with van der Waals surface area (Å²) in [5.74, 6) is 0.192. The van der Waals surface area contributed by atoms with Gasteiger partial charge in [0.25, 0.3) is 5.91 Å². The van der Waals surface area contributed by atoms with Gasteiger partial charge in [-0.05, 0) is 56.3 Å². The molecule has 6 nitrogen and oxygen atoms in total. The fraction of sp³-hybridized carbons (Fsp3) is 0.632. The molecule has 2 rings (SSSR count). The third-order valence-electron chi connectivity index (χ3n) is 5.12. The van der Waals surface area contributed by atoms with Crippen LogP contribution in [0.3, 0.4) is 0 Å². The van der Waals surface area contributed by atoms with E-state index in [1.807, 2.05) is 0 Å². The van der Waals surface area contributed by atoms with Crippen molar-refractivity contribution in [3.8, 4) is 0 Å². The fourth-order valence-corrected chi connectivity index (χ4v) is 4.95. The molecule has 2 N–H and O–H groups in total. The minimum absolute atomic E-state index is 0.146. The van der Waals surface area contributed by atoms with E-state index in [1.165, 1.54) is 42.6 Å². The molecule has 1 amide bonds. The van der Waals surface area contributed by atoms with Crippen LogP contribution in [-0.2, 0) is 4.74 Å². The zero-order valence-corrected chi connectivity index (χ0v) is 18.3. The molecule has 150 valence electrons. The van der Waals surface area contributed by atoms with Crippen LogP contribution in [0.4, 0.5) is 5.00 Å². The van der Waals surface area contributed by atoms with Crippen molar-refractivity contribution in [1.82, 2.24) is 10.2 Å². The topological polar surface area (TPSA) is 70.7 Å². The van der Waals surface area contributed by atoms with Gasteiger partial charge in [0, 0.05) is 20.1 Å². The van der Waals surface area contributed by atoms with Crippen molar-refractivity contribution in [2.24, 2.45) is 5.92 Å². The Morgan fingerprint density at radius 2 is 1.89 bits per heavy atom. The van der Waals surface area contributed by atoms with Gasteiger partial charge in [0.15, 0.2) is 5.11 Å². The molecular formula is C19H29N3O3S2. The molecule has 1 heterocycles. The third kappa shape index (κ3) is 5.19. The number of thiophene rings is 1. The molecular weight excluding hydrogens is 382 g/mol. The highest BCUT2D eigenvalue weighted by Crippen LogP contribution is 2.34. The first-order valence-electron chi connectivity index (χ1n) is 9.29. The second kappa shape index (κ2) is 9.50. The van der Waals surface area contributed by atoms with Crippen molar-refractivity contribution in [3.05, 3.63) is 16.0 Å². The van der Waals surface area contributed by atoms with Crippen LogP contribution in [0.25, 0.3) is 0 Å². The van der Waals surface area contributed by atoms with Gasteiger partial charge in [-0.3, -0.25) is 4.79 Å². The molecule has 27 heavy (non-hydrogen) atoms. The standard InChI is InChI=1S/C19H29N3O3S2/c1-6-12-7-9-13(10-8-12)20-19(26)21-16-14(18(24)25-5)11(2)15(27-16)17(23)22(3)4/h12-13H,6-10H2,1-5H3,(H2,20,21,26). The number of carbonyl (C=O) groups is 2. The number of amides is 1. The number of hydrogen-bond acceptors (Lipinski definition) is 5. The average molecular weight is 412 g/mol. The molecule has 1 aliphatic carbocycles. The van der Waals surface area contributed by atoms with E-state index in [0.29, 0.717) is 32.2 Å². The van der Waals surface area contributed by atoms with Crippen molar-refractivity contribution >= 4 is 45.5 Å². The van der Waals surface area contributed by atoms with Crippen molar-refractivity contribution in [1.29, 1.82) is 0 Å². The van der Waals surface area contributed by atoms with Crippen LogP contribution in [0.1, 0.15) is 64.6 Å². The molecule has 0 bridgehead atoms. The van der Waals surface area contributed by atoms with Gasteiger partial charge in [-0.25, -0.2) is 4.79 Å². The monoisotopic (exact) mass is 411 g/mol. The largest absolute Gasteiger partial charge is 0.465 e. The van der Waals surface area contributed by atoms with Gasteiger partial charge in [-0.15, -0.1) is 11.3 Å². The number of nitrogens with one attached hydrogen (secondary N) is 2. The summed E-state index contributed by atoms with van der Waals surface area (Å²) in [6.07, 6.45) is 5.85. The highest BCUT2D eigenvalue weighted by Gasteiger charge is 2.27. The molecule has 0 aliphatic heterocycles. The van der Waals surface area contributed by atoms with Crippen LogP contribution in [0.2, 0.25) is 0 Å². The highest BCUT2D eigenvalue weighted by molar-refractivity contribution is 7.80. The van der Waals surface area contributed by atoms with Crippen molar-refractivity contribution < 1.29 is 14.3 Å². The predicted octanol–water partition coefficient (Wildman–Crippen LogP) is 3.80. The van der Waals surface area contributed by atoms with E-state index in [4.69, 9.17) is 17.0 Å². The van der Waals surface area contributed by atoms with Crippen molar-refractivity contribution in [2.45, 2.75) is 52.0 Å². The van der Waals surface area contributed by atoms with Crippen LogP contribution in [-0.4, -0.2) is 49.1 Å². The summed E-state index contributed by atoms with van der Waals surface area (Å²) in [5, 5.41) is 7.50. The summed E-state index contributed by atoms with van der Waals surface area (Å²) in [5.41, 5.74) is 0.978. The van der Waals surface area contributed by atoms with E-state index < -0.39 is 5.97 Å². The minimum Gasteiger partial charge on any atom is -0.465 e. The molecule has 1 aromatic rings. The van der Waals surface area contributed by atoms with Crippen molar-refractivity contribution in [2.75, 3.05) is 26.5 Å². The molecule has 0 saturated heterocycles. The van der Waals surface area contributed by atoms with Crippen LogP contribution in [0.5, 0.6) is 0 Å². The maximum absolute atomic E-state index is 12.4. The van der Waals surface area contributed by atoms with E-state index >= 15 is 0 Å². The normalized spacial score (nSPS) is 19.3. The van der Waals surface area contributed by atoms with E-state index in [2.05, 4.69) is 17.6 Å². The number of esters is 1.